The van der Waals surface area contributed by atoms with Gasteiger partial charge in [-0.2, -0.15) is 0 Å². The third-order valence-electron chi connectivity index (χ3n) is 2.58. The summed E-state index contributed by atoms with van der Waals surface area (Å²) in [6.07, 6.45) is 5.99. The Balaban J connectivity index is 2.18. The first-order valence-corrected chi connectivity index (χ1v) is 5.32. The molecule has 0 unspecified atom stereocenters. The molecule has 2 aromatic heterocycles. The number of benzene rings is 1. The summed E-state index contributed by atoms with van der Waals surface area (Å²) in [7, 11) is 0. The van der Waals surface area contributed by atoms with Crippen LogP contribution in [-0.4, -0.2) is 40.6 Å². The number of hydrogen-bond donors (Lipinski definition) is 1. The number of hydrogen-bond acceptors (Lipinski definition) is 5. The lowest BCUT2D eigenvalue weighted by molar-refractivity contribution is 0.0697. The fourth-order valence-corrected chi connectivity index (χ4v) is 1.68. The molecule has 3 aromatic rings. The van der Waals surface area contributed by atoms with E-state index in [0.29, 0.717) is 11.4 Å². The second-order valence-corrected chi connectivity index (χ2v) is 3.78. The van der Waals surface area contributed by atoms with E-state index < -0.39 is 5.97 Å². The van der Waals surface area contributed by atoms with Gasteiger partial charge in [0, 0.05) is 0 Å². The quantitative estimate of drug-likeness (QED) is 0.734. The Bertz CT molecular complexity index is 652. The minimum Gasteiger partial charge on any atom is -0.478 e. The van der Waals surface area contributed by atoms with Crippen LogP contribution in [-0.2, 0) is 0 Å². The first-order valence-electron chi connectivity index (χ1n) is 5.32. The maximum Gasteiger partial charge on any atom is 0.335 e. The molecule has 0 fully saturated rings. The van der Waals surface area contributed by atoms with Gasteiger partial charge in [-0.15, -0.1) is 20.4 Å². The van der Waals surface area contributed by atoms with Crippen molar-refractivity contribution in [2.24, 2.45) is 0 Å². The Hall–Kier alpha value is -3.03. The first-order chi connectivity index (χ1) is 9.24. The highest BCUT2D eigenvalue weighted by Gasteiger charge is 2.09. The van der Waals surface area contributed by atoms with Crippen LogP contribution in [0.4, 0.5) is 0 Å². The minimum absolute atomic E-state index is 0.162. The summed E-state index contributed by atoms with van der Waals surface area (Å²) in [5, 5.41) is 23.9. The minimum atomic E-state index is -1.01. The van der Waals surface area contributed by atoms with Crippen LogP contribution < -0.4 is 0 Å². The van der Waals surface area contributed by atoms with E-state index in [-0.39, 0.29) is 5.56 Å². The van der Waals surface area contributed by atoms with Crippen molar-refractivity contribution in [3.05, 3.63) is 49.1 Å². The van der Waals surface area contributed by atoms with Crippen molar-refractivity contribution in [2.75, 3.05) is 0 Å². The number of carboxylic acids is 1. The molecule has 19 heavy (non-hydrogen) atoms. The summed E-state index contributed by atoms with van der Waals surface area (Å²) in [4.78, 5) is 11.2. The number of aromatic carboxylic acids is 1. The third kappa shape index (κ3) is 2.06. The summed E-state index contributed by atoms with van der Waals surface area (Å²) in [5.74, 6) is -1.01. The lowest BCUT2D eigenvalue weighted by Gasteiger charge is -2.08. The molecule has 3 rings (SSSR count). The van der Waals surface area contributed by atoms with E-state index in [1.807, 2.05) is 0 Å². The third-order valence-corrected chi connectivity index (χ3v) is 2.58. The molecule has 8 heteroatoms. The van der Waals surface area contributed by atoms with Crippen molar-refractivity contribution < 1.29 is 9.90 Å². The molecule has 1 N–H and O–H groups in total. The largest absolute Gasteiger partial charge is 0.478 e. The molecule has 1 aromatic carbocycles. The second-order valence-electron chi connectivity index (χ2n) is 3.78. The Morgan fingerprint density at radius 2 is 1.26 bits per heavy atom. The molecular formula is C11H8N6O2. The number of rotatable bonds is 3. The van der Waals surface area contributed by atoms with Crippen LogP contribution in [0.15, 0.2) is 43.5 Å². The zero-order valence-electron chi connectivity index (χ0n) is 9.58. The molecule has 0 saturated heterocycles. The van der Waals surface area contributed by atoms with E-state index in [0.717, 1.165) is 0 Å². The summed E-state index contributed by atoms with van der Waals surface area (Å²) in [6.45, 7) is 0. The highest BCUT2D eigenvalue weighted by atomic mass is 16.4. The molecular weight excluding hydrogens is 248 g/mol. The lowest BCUT2D eigenvalue weighted by Crippen LogP contribution is -2.02. The number of nitrogens with zero attached hydrogens (tertiary/aromatic N) is 6. The second kappa shape index (κ2) is 4.33. The molecule has 0 radical (unpaired) electrons. The van der Waals surface area contributed by atoms with Gasteiger partial charge in [0.2, 0.25) is 0 Å². The molecule has 2 heterocycles. The predicted octanol–water partition coefficient (Wildman–Crippen LogP) is 0.546. The first kappa shape index (κ1) is 11.1. The van der Waals surface area contributed by atoms with E-state index in [9.17, 15) is 4.79 Å². The van der Waals surface area contributed by atoms with Gasteiger partial charge in [-0.1, -0.05) is 0 Å². The van der Waals surface area contributed by atoms with Crippen molar-refractivity contribution in [1.82, 2.24) is 29.5 Å². The van der Waals surface area contributed by atoms with E-state index >= 15 is 0 Å². The Labute approximate surface area is 107 Å². The van der Waals surface area contributed by atoms with Crippen LogP contribution in [0, 0.1) is 0 Å². The van der Waals surface area contributed by atoms with Crippen molar-refractivity contribution in [3.63, 3.8) is 0 Å². The van der Waals surface area contributed by atoms with Gasteiger partial charge in [0.05, 0.1) is 16.9 Å². The summed E-state index contributed by atoms with van der Waals surface area (Å²) >= 11 is 0. The molecule has 0 amide bonds. The van der Waals surface area contributed by atoms with Crippen LogP contribution in [0.2, 0.25) is 0 Å². The van der Waals surface area contributed by atoms with Crippen molar-refractivity contribution >= 4 is 5.97 Å². The maximum absolute atomic E-state index is 11.2. The van der Waals surface area contributed by atoms with Crippen LogP contribution in [0.25, 0.3) is 11.4 Å². The molecule has 8 nitrogen and oxygen atoms in total. The van der Waals surface area contributed by atoms with Crippen LogP contribution in [0.1, 0.15) is 10.4 Å². The molecule has 0 aliphatic carbocycles. The predicted molar refractivity (Wildman–Crippen MR) is 63.2 cm³/mol. The van der Waals surface area contributed by atoms with E-state index in [1.165, 1.54) is 25.3 Å². The average Bonchev–Trinajstić information content (AvgIpc) is 3.11. The van der Waals surface area contributed by atoms with Crippen molar-refractivity contribution in [3.8, 4) is 11.4 Å². The zero-order valence-corrected chi connectivity index (χ0v) is 9.58. The standard InChI is InChI=1S/C11H8N6O2/c18-11(19)8-1-9(16-4-12-13-5-16)3-10(2-8)17-6-14-15-7-17/h1-7H,(H,18,19). The SMILES string of the molecule is O=C(O)c1cc(-n2cnnc2)cc(-n2cnnc2)c1. The van der Waals surface area contributed by atoms with Crippen LogP contribution in [0.5, 0.6) is 0 Å². The summed E-state index contributed by atoms with van der Waals surface area (Å²) in [6, 6.07) is 4.87. The Kier molecular flexibility index (Phi) is 2.53. The van der Waals surface area contributed by atoms with Crippen molar-refractivity contribution in [2.45, 2.75) is 0 Å². The van der Waals surface area contributed by atoms with Gasteiger partial charge in [0.15, 0.2) is 0 Å². The van der Waals surface area contributed by atoms with E-state index in [2.05, 4.69) is 20.4 Å². The molecule has 0 spiro atoms. The molecule has 94 valence electrons. The lowest BCUT2D eigenvalue weighted by atomic mass is 10.1. The van der Waals surface area contributed by atoms with Gasteiger partial charge in [-0.05, 0) is 18.2 Å². The van der Waals surface area contributed by atoms with Gasteiger partial charge < -0.3 is 5.11 Å². The fraction of sp³-hybridized carbons (Fsp3) is 0. The molecule has 0 aliphatic rings. The summed E-state index contributed by atoms with van der Waals surface area (Å²) in [5.41, 5.74) is 1.46. The average molecular weight is 256 g/mol. The molecule has 0 bridgehead atoms. The van der Waals surface area contributed by atoms with Crippen LogP contribution in [0.3, 0.4) is 0 Å². The zero-order chi connectivity index (χ0) is 13.2. The molecule has 0 atom stereocenters. The van der Waals surface area contributed by atoms with Gasteiger partial charge in [0.1, 0.15) is 25.3 Å². The topological polar surface area (TPSA) is 98.7 Å². The Morgan fingerprint density at radius 3 is 1.63 bits per heavy atom. The maximum atomic E-state index is 11.2. The van der Waals surface area contributed by atoms with Crippen molar-refractivity contribution in [1.29, 1.82) is 0 Å². The van der Waals surface area contributed by atoms with Gasteiger partial charge in [0.25, 0.3) is 0 Å². The number of carboxylic acid groups (broad SMARTS) is 1. The Morgan fingerprint density at radius 1 is 0.842 bits per heavy atom. The van der Waals surface area contributed by atoms with Gasteiger partial charge >= 0.3 is 5.97 Å². The normalized spacial score (nSPS) is 10.5. The van der Waals surface area contributed by atoms with Crippen LogP contribution >= 0.6 is 0 Å². The molecule has 0 saturated carbocycles. The molecule has 0 aliphatic heterocycles. The van der Waals surface area contributed by atoms with E-state index in [1.54, 1.807) is 27.3 Å². The van der Waals surface area contributed by atoms with E-state index in [4.69, 9.17) is 5.11 Å². The monoisotopic (exact) mass is 256 g/mol. The highest BCUT2D eigenvalue weighted by Crippen LogP contribution is 2.17. The summed E-state index contributed by atoms with van der Waals surface area (Å²) < 4.78 is 3.25. The number of carbonyl (C=O) groups is 1. The number of aromatic nitrogens is 6. The van der Waals surface area contributed by atoms with Gasteiger partial charge in [-0.3, -0.25) is 9.13 Å². The highest BCUT2D eigenvalue weighted by molar-refractivity contribution is 5.89. The smallest absolute Gasteiger partial charge is 0.335 e. The van der Waals surface area contributed by atoms with Gasteiger partial charge in [-0.25, -0.2) is 4.79 Å². The fourth-order valence-electron chi connectivity index (χ4n) is 1.68.